The highest BCUT2D eigenvalue weighted by Gasteiger charge is 2.01. The van der Waals surface area contributed by atoms with Crippen molar-refractivity contribution in [3.8, 4) is 0 Å². The lowest BCUT2D eigenvalue weighted by Gasteiger charge is -2.16. The summed E-state index contributed by atoms with van der Waals surface area (Å²) in [7, 11) is 2.09. The van der Waals surface area contributed by atoms with E-state index in [4.69, 9.17) is 4.74 Å². The summed E-state index contributed by atoms with van der Waals surface area (Å²) in [4.78, 5) is 6.70. The third kappa shape index (κ3) is 6.10. The molecule has 4 nitrogen and oxygen atoms in total. The van der Waals surface area contributed by atoms with Gasteiger partial charge in [0.15, 0.2) is 0 Å². The maximum atomic E-state index is 5.33. The molecular formula is C14H25N3O. The van der Waals surface area contributed by atoms with Gasteiger partial charge in [-0.15, -0.1) is 0 Å². The van der Waals surface area contributed by atoms with Crippen molar-refractivity contribution in [3.63, 3.8) is 0 Å². The Balaban J connectivity index is 2.33. The Kier molecular flexibility index (Phi) is 7.57. The number of likely N-dealkylation sites (N-methyl/N-ethyl adjacent to an activating group) is 1. The molecule has 0 amide bonds. The summed E-state index contributed by atoms with van der Waals surface area (Å²) in [5.41, 5.74) is 2.34. The van der Waals surface area contributed by atoms with Gasteiger partial charge in [0.1, 0.15) is 0 Å². The lowest BCUT2D eigenvalue weighted by molar-refractivity contribution is 0.120. The van der Waals surface area contributed by atoms with E-state index in [-0.39, 0.29) is 0 Å². The summed E-state index contributed by atoms with van der Waals surface area (Å²) in [5.74, 6) is 0. The van der Waals surface area contributed by atoms with E-state index >= 15 is 0 Å². The fourth-order valence-electron chi connectivity index (χ4n) is 1.64. The summed E-state index contributed by atoms with van der Waals surface area (Å²) in [5, 5.41) is 3.29. The van der Waals surface area contributed by atoms with Gasteiger partial charge in [0.25, 0.3) is 0 Å². The minimum Gasteiger partial charge on any atom is -0.380 e. The van der Waals surface area contributed by atoms with Gasteiger partial charge in [-0.25, -0.2) is 0 Å². The zero-order valence-corrected chi connectivity index (χ0v) is 11.8. The maximum absolute atomic E-state index is 5.33. The molecule has 0 spiro atoms. The molecule has 0 saturated carbocycles. The van der Waals surface area contributed by atoms with Crippen molar-refractivity contribution >= 4 is 0 Å². The molecule has 1 aromatic rings. The average molecular weight is 251 g/mol. The van der Waals surface area contributed by atoms with E-state index < -0.39 is 0 Å². The van der Waals surface area contributed by atoms with E-state index in [0.29, 0.717) is 0 Å². The van der Waals surface area contributed by atoms with Gasteiger partial charge in [-0.1, -0.05) is 13.0 Å². The summed E-state index contributed by atoms with van der Waals surface area (Å²) in [6, 6.07) is 4.24. The van der Waals surface area contributed by atoms with Gasteiger partial charge >= 0.3 is 0 Å². The van der Waals surface area contributed by atoms with Gasteiger partial charge in [-0.3, -0.25) is 9.88 Å². The Morgan fingerprint density at radius 3 is 2.78 bits per heavy atom. The molecular weight excluding hydrogens is 226 g/mol. The zero-order chi connectivity index (χ0) is 13.2. The van der Waals surface area contributed by atoms with Crippen LogP contribution in [0.1, 0.15) is 25.1 Å². The number of aromatic nitrogens is 1. The van der Waals surface area contributed by atoms with Crippen LogP contribution in [0.15, 0.2) is 18.3 Å². The minimum absolute atomic E-state index is 0.783. The first-order valence-electron chi connectivity index (χ1n) is 6.67. The van der Waals surface area contributed by atoms with Gasteiger partial charge < -0.3 is 10.1 Å². The van der Waals surface area contributed by atoms with Crippen LogP contribution in [0.25, 0.3) is 0 Å². The Hall–Kier alpha value is -0.970. The molecule has 0 aliphatic heterocycles. The lowest BCUT2D eigenvalue weighted by atomic mass is 10.2. The van der Waals surface area contributed by atoms with E-state index in [1.165, 1.54) is 5.56 Å². The maximum Gasteiger partial charge on any atom is 0.0593 e. The largest absolute Gasteiger partial charge is 0.380 e. The van der Waals surface area contributed by atoms with Crippen LogP contribution < -0.4 is 5.32 Å². The summed E-state index contributed by atoms with van der Waals surface area (Å²) in [6.45, 7) is 9.38. The van der Waals surface area contributed by atoms with Crippen molar-refractivity contribution < 1.29 is 4.74 Å². The monoisotopic (exact) mass is 251 g/mol. The molecule has 0 bridgehead atoms. The first kappa shape index (κ1) is 15.1. The molecule has 0 fully saturated rings. The molecule has 18 heavy (non-hydrogen) atoms. The van der Waals surface area contributed by atoms with Crippen molar-refractivity contribution in [2.75, 3.05) is 33.4 Å². The first-order chi connectivity index (χ1) is 8.76. The Morgan fingerprint density at radius 1 is 1.33 bits per heavy atom. The van der Waals surface area contributed by atoms with E-state index in [9.17, 15) is 0 Å². The number of ether oxygens (including phenoxy) is 1. The number of hydrogen-bond acceptors (Lipinski definition) is 4. The lowest BCUT2D eigenvalue weighted by Crippen LogP contribution is -2.23. The summed E-state index contributed by atoms with van der Waals surface area (Å²) < 4.78 is 5.33. The molecule has 0 aromatic carbocycles. The van der Waals surface area contributed by atoms with Crippen LogP contribution in [-0.2, 0) is 17.8 Å². The summed E-state index contributed by atoms with van der Waals surface area (Å²) in [6.07, 6.45) is 1.95. The molecule has 0 radical (unpaired) electrons. The second-order valence-corrected chi connectivity index (χ2v) is 4.37. The van der Waals surface area contributed by atoms with Gasteiger partial charge in [-0.05, 0) is 32.1 Å². The first-order valence-corrected chi connectivity index (χ1v) is 6.67. The smallest absolute Gasteiger partial charge is 0.0593 e. The predicted octanol–water partition coefficient (Wildman–Crippen LogP) is 1.66. The fraction of sp³-hybridized carbons (Fsp3) is 0.643. The molecule has 102 valence electrons. The number of nitrogens with zero attached hydrogens (tertiary/aromatic N) is 2. The fourth-order valence-corrected chi connectivity index (χ4v) is 1.64. The van der Waals surface area contributed by atoms with Crippen molar-refractivity contribution in [2.45, 2.75) is 26.9 Å². The molecule has 4 heteroatoms. The molecule has 1 rings (SSSR count). The van der Waals surface area contributed by atoms with E-state index in [0.717, 1.165) is 45.1 Å². The van der Waals surface area contributed by atoms with Crippen LogP contribution in [0, 0.1) is 0 Å². The highest BCUT2D eigenvalue weighted by Crippen LogP contribution is 2.03. The highest BCUT2D eigenvalue weighted by atomic mass is 16.5. The second kappa shape index (κ2) is 9.03. The van der Waals surface area contributed by atoms with E-state index in [1.807, 2.05) is 13.1 Å². The minimum atomic E-state index is 0.783. The molecule has 0 unspecified atom stereocenters. The van der Waals surface area contributed by atoms with Gasteiger partial charge in [-0.2, -0.15) is 0 Å². The van der Waals surface area contributed by atoms with Gasteiger partial charge in [0, 0.05) is 32.4 Å². The molecule has 1 aromatic heterocycles. The van der Waals surface area contributed by atoms with Crippen molar-refractivity contribution in [1.82, 2.24) is 15.2 Å². The second-order valence-electron chi connectivity index (χ2n) is 4.37. The van der Waals surface area contributed by atoms with Gasteiger partial charge in [0.05, 0.1) is 12.3 Å². The number of hydrogen-bond donors (Lipinski definition) is 1. The van der Waals surface area contributed by atoms with Crippen molar-refractivity contribution in [1.29, 1.82) is 0 Å². The molecule has 0 saturated heterocycles. The topological polar surface area (TPSA) is 37.4 Å². The normalized spacial score (nSPS) is 11.1. The predicted molar refractivity (Wildman–Crippen MR) is 74.4 cm³/mol. The zero-order valence-electron chi connectivity index (χ0n) is 11.8. The quantitative estimate of drug-likeness (QED) is 0.677. The summed E-state index contributed by atoms with van der Waals surface area (Å²) >= 11 is 0. The van der Waals surface area contributed by atoms with Crippen LogP contribution in [0.5, 0.6) is 0 Å². The van der Waals surface area contributed by atoms with Crippen LogP contribution in [0.3, 0.4) is 0 Å². The van der Waals surface area contributed by atoms with Crippen LogP contribution >= 0.6 is 0 Å². The van der Waals surface area contributed by atoms with Crippen LogP contribution in [0.4, 0.5) is 0 Å². The molecule has 0 atom stereocenters. The van der Waals surface area contributed by atoms with Gasteiger partial charge in [0.2, 0.25) is 0 Å². The molecule has 1 heterocycles. The van der Waals surface area contributed by atoms with E-state index in [1.54, 1.807) is 0 Å². The number of nitrogens with one attached hydrogen (secondary N) is 1. The van der Waals surface area contributed by atoms with Crippen LogP contribution in [0.2, 0.25) is 0 Å². The van der Waals surface area contributed by atoms with Crippen molar-refractivity contribution in [3.05, 3.63) is 29.6 Å². The Morgan fingerprint density at radius 2 is 2.17 bits per heavy atom. The van der Waals surface area contributed by atoms with Crippen molar-refractivity contribution in [2.24, 2.45) is 0 Å². The third-order valence-corrected chi connectivity index (χ3v) is 2.72. The Labute approximate surface area is 110 Å². The molecule has 0 aliphatic carbocycles. The SMILES string of the molecule is CCNCc1ccc(CN(C)CCOCC)nc1. The highest BCUT2D eigenvalue weighted by molar-refractivity contribution is 5.13. The Bertz CT molecular complexity index is 313. The average Bonchev–Trinajstić information content (AvgIpc) is 2.38. The molecule has 0 aliphatic rings. The number of pyridine rings is 1. The third-order valence-electron chi connectivity index (χ3n) is 2.72. The number of rotatable bonds is 9. The van der Waals surface area contributed by atoms with Crippen LogP contribution in [-0.4, -0.2) is 43.2 Å². The molecule has 1 N–H and O–H groups in total. The van der Waals surface area contributed by atoms with E-state index in [2.05, 4.69) is 41.3 Å². The standard InChI is InChI=1S/C14H25N3O/c1-4-15-10-13-6-7-14(16-11-13)12-17(3)8-9-18-5-2/h6-7,11,15H,4-5,8-10,12H2,1-3H3.